The Bertz CT molecular complexity index is 3130. The Hall–Kier alpha value is -6.52. The molecule has 0 fully saturated rings. The normalized spacial score (nSPS) is 12.2. The zero-order valence-electron chi connectivity index (χ0n) is 25.7. The number of fused-ring (bicyclic) bond motifs is 13. The van der Waals surface area contributed by atoms with Crippen molar-refractivity contribution < 1.29 is 4.42 Å². The fourth-order valence-electron chi connectivity index (χ4n) is 7.83. The van der Waals surface area contributed by atoms with Gasteiger partial charge in [0.2, 0.25) is 5.95 Å². The zero-order valence-corrected chi connectivity index (χ0v) is 25.7. The van der Waals surface area contributed by atoms with Gasteiger partial charge in [0.05, 0.1) is 22.2 Å². The molecule has 0 aliphatic carbocycles. The molecular formula is C44H25N3O. The highest BCUT2D eigenvalue weighted by Gasteiger charge is 2.22. The summed E-state index contributed by atoms with van der Waals surface area (Å²) in [6.45, 7) is 0. The number of para-hydroxylation sites is 2. The number of nitrogens with zero attached hydrogens (tertiary/aromatic N) is 3. The third kappa shape index (κ3) is 3.49. The number of aromatic nitrogens is 3. The molecule has 0 N–H and O–H groups in total. The fraction of sp³-hybridized carbons (Fsp3) is 0. The van der Waals surface area contributed by atoms with Crippen molar-refractivity contribution in [2.75, 3.05) is 0 Å². The van der Waals surface area contributed by atoms with Crippen LogP contribution in [0, 0.1) is 0 Å². The molecule has 0 saturated carbocycles. The smallest absolute Gasteiger partial charge is 0.235 e. The molecule has 0 atom stereocenters. The van der Waals surface area contributed by atoms with Crippen molar-refractivity contribution >= 4 is 87.0 Å². The van der Waals surface area contributed by atoms with Crippen LogP contribution in [-0.4, -0.2) is 14.5 Å². The van der Waals surface area contributed by atoms with Gasteiger partial charge in [-0.25, -0.2) is 9.97 Å². The summed E-state index contributed by atoms with van der Waals surface area (Å²) >= 11 is 0. The quantitative estimate of drug-likeness (QED) is 0.183. The first-order valence-electron chi connectivity index (χ1n) is 16.3. The topological polar surface area (TPSA) is 43.9 Å². The van der Waals surface area contributed by atoms with Crippen LogP contribution in [0.15, 0.2) is 156 Å². The van der Waals surface area contributed by atoms with E-state index in [1.54, 1.807) is 0 Å². The predicted molar refractivity (Wildman–Crippen MR) is 199 cm³/mol. The van der Waals surface area contributed by atoms with E-state index in [9.17, 15) is 0 Å². The number of hydrogen-bond donors (Lipinski definition) is 0. The molecule has 222 valence electrons. The van der Waals surface area contributed by atoms with Gasteiger partial charge in [0.1, 0.15) is 11.2 Å². The van der Waals surface area contributed by atoms with Crippen LogP contribution in [0.5, 0.6) is 0 Å². The highest BCUT2D eigenvalue weighted by Crippen LogP contribution is 2.43. The van der Waals surface area contributed by atoms with Crippen molar-refractivity contribution in [2.45, 2.75) is 0 Å². The Morgan fingerprint density at radius 1 is 0.438 bits per heavy atom. The standard InChI is InChI=1S/C44H25N3O/c1-2-12-27-25-38-36(23-26(27)11-1)41-32-16-5-3-13-29(32)30-14-4-6-17-33(30)43(41)47(38)44-45-37-19-9-7-18-34(37)42(46-44)28-21-22-40-35(24-28)31-15-8-10-20-39(31)48-40/h1-25H. The first-order chi connectivity index (χ1) is 23.8. The summed E-state index contributed by atoms with van der Waals surface area (Å²) in [5.74, 6) is 0.650. The first-order valence-corrected chi connectivity index (χ1v) is 16.3. The van der Waals surface area contributed by atoms with Gasteiger partial charge in [-0.3, -0.25) is 4.57 Å². The van der Waals surface area contributed by atoms with E-state index in [0.29, 0.717) is 5.95 Å². The summed E-state index contributed by atoms with van der Waals surface area (Å²) in [5.41, 5.74) is 6.77. The predicted octanol–water partition coefficient (Wildman–Crippen LogP) is 11.8. The Morgan fingerprint density at radius 3 is 1.90 bits per heavy atom. The van der Waals surface area contributed by atoms with E-state index in [2.05, 4.69) is 144 Å². The maximum Gasteiger partial charge on any atom is 0.235 e. The molecule has 0 saturated heterocycles. The lowest BCUT2D eigenvalue weighted by atomic mass is 9.96. The van der Waals surface area contributed by atoms with E-state index in [-0.39, 0.29) is 0 Å². The Balaban J connectivity index is 1.32. The average molecular weight is 612 g/mol. The summed E-state index contributed by atoms with van der Waals surface area (Å²) in [4.78, 5) is 10.8. The summed E-state index contributed by atoms with van der Waals surface area (Å²) < 4.78 is 8.48. The van der Waals surface area contributed by atoms with Crippen molar-refractivity contribution in [3.8, 4) is 17.2 Å². The van der Waals surface area contributed by atoms with Gasteiger partial charge in [-0.05, 0) is 69.4 Å². The fourth-order valence-corrected chi connectivity index (χ4v) is 7.83. The lowest BCUT2D eigenvalue weighted by molar-refractivity contribution is 0.669. The molecule has 3 aromatic heterocycles. The molecule has 4 nitrogen and oxygen atoms in total. The second-order valence-corrected chi connectivity index (χ2v) is 12.6. The van der Waals surface area contributed by atoms with Gasteiger partial charge >= 0.3 is 0 Å². The van der Waals surface area contributed by atoms with E-state index >= 15 is 0 Å². The van der Waals surface area contributed by atoms with E-state index in [1.165, 1.54) is 43.1 Å². The van der Waals surface area contributed by atoms with Crippen LogP contribution in [0.25, 0.3) is 104 Å². The maximum absolute atomic E-state index is 6.18. The second kappa shape index (κ2) is 9.50. The highest BCUT2D eigenvalue weighted by molar-refractivity contribution is 6.32. The molecule has 11 rings (SSSR count). The molecule has 0 bridgehead atoms. The van der Waals surface area contributed by atoms with Crippen molar-refractivity contribution in [1.29, 1.82) is 0 Å². The van der Waals surface area contributed by atoms with Crippen LogP contribution < -0.4 is 0 Å². The summed E-state index contributed by atoms with van der Waals surface area (Å²) in [6.07, 6.45) is 0. The molecular weight excluding hydrogens is 587 g/mol. The van der Waals surface area contributed by atoms with Crippen LogP contribution in [0.3, 0.4) is 0 Å². The van der Waals surface area contributed by atoms with Crippen LogP contribution in [0.4, 0.5) is 0 Å². The molecule has 3 heterocycles. The number of rotatable bonds is 2. The SMILES string of the molecule is c1ccc2cc3c(cc2c1)c1c2ccccc2c2ccccc2c1n3-c1nc(-c2ccc3oc4ccccc4c3c2)c2ccccc2n1. The lowest BCUT2D eigenvalue weighted by Gasteiger charge is -2.13. The van der Waals surface area contributed by atoms with E-state index in [4.69, 9.17) is 14.4 Å². The molecule has 11 aromatic rings. The van der Waals surface area contributed by atoms with Gasteiger partial charge in [-0.1, -0.05) is 109 Å². The van der Waals surface area contributed by atoms with Gasteiger partial charge in [0.15, 0.2) is 0 Å². The lowest BCUT2D eigenvalue weighted by Crippen LogP contribution is -2.04. The molecule has 0 amide bonds. The molecule has 4 heteroatoms. The molecule has 0 aliphatic heterocycles. The Kier molecular flexibility index (Phi) is 5.08. The minimum absolute atomic E-state index is 0.650. The van der Waals surface area contributed by atoms with Crippen LogP contribution in [0.2, 0.25) is 0 Å². The minimum Gasteiger partial charge on any atom is -0.456 e. The van der Waals surface area contributed by atoms with Gasteiger partial charge in [0.25, 0.3) is 0 Å². The second-order valence-electron chi connectivity index (χ2n) is 12.6. The zero-order chi connectivity index (χ0) is 31.3. The highest BCUT2D eigenvalue weighted by atomic mass is 16.3. The largest absolute Gasteiger partial charge is 0.456 e. The van der Waals surface area contributed by atoms with E-state index in [1.807, 2.05) is 12.1 Å². The van der Waals surface area contributed by atoms with Crippen LogP contribution in [0.1, 0.15) is 0 Å². The molecule has 0 radical (unpaired) electrons. The van der Waals surface area contributed by atoms with Gasteiger partial charge in [0, 0.05) is 37.9 Å². The summed E-state index contributed by atoms with van der Waals surface area (Å²) in [5, 5.41) is 12.8. The first kappa shape index (κ1) is 25.6. The molecule has 0 spiro atoms. The average Bonchev–Trinajstić information content (AvgIpc) is 3.69. The third-order valence-corrected chi connectivity index (χ3v) is 9.95. The molecule has 8 aromatic carbocycles. The van der Waals surface area contributed by atoms with Crippen molar-refractivity contribution in [2.24, 2.45) is 0 Å². The molecule has 0 unspecified atom stereocenters. The Morgan fingerprint density at radius 2 is 1.06 bits per heavy atom. The van der Waals surface area contributed by atoms with E-state index in [0.717, 1.165) is 55.1 Å². The Labute approximate surface area is 274 Å². The summed E-state index contributed by atoms with van der Waals surface area (Å²) in [6, 6.07) is 53.6. The van der Waals surface area contributed by atoms with Crippen LogP contribution in [-0.2, 0) is 0 Å². The summed E-state index contributed by atoms with van der Waals surface area (Å²) in [7, 11) is 0. The third-order valence-electron chi connectivity index (χ3n) is 9.95. The van der Waals surface area contributed by atoms with Crippen molar-refractivity contribution in [3.63, 3.8) is 0 Å². The maximum atomic E-state index is 6.18. The van der Waals surface area contributed by atoms with Gasteiger partial charge in [-0.2, -0.15) is 0 Å². The van der Waals surface area contributed by atoms with Gasteiger partial charge < -0.3 is 4.42 Å². The van der Waals surface area contributed by atoms with Gasteiger partial charge in [-0.15, -0.1) is 0 Å². The monoisotopic (exact) mass is 611 g/mol. The van der Waals surface area contributed by atoms with E-state index < -0.39 is 0 Å². The minimum atomic E-state index is 0.650. The van der Waals surface area contributed by atoms with Crippen LogP contribution >= 0.6 is 0 Å². The van der Waals surface area contributed by atoms with Crippen molar-refractivity contribution in [1.82, 2.24) is 14.5 Å². The number of furan rings is 1. The number of benzene rings is 8. The van der Waals surface area contributed by atoms with Crippen molar-refractivity contribution in [3.05, 3.63) is 152 Å². The number of hydrogen-bond acceptors (Lipinski definition) is 3. The molecule has 0 aliphatic rings. The molecule has 48 heavy (non-hydrogen) atoms.